The molecule has 1 aliphatic rings. The molecule has 0 radical (unpaired) electrons. The molecule has 8 heteroatoms. The van der Waals surface area contributed by atoms with Gasteiger partial charge in [0.25, 0.3) is 0 Å². The van der Waals surface area contributed by atoms with Gasteiger partial charge in [-0.1, -0.05) is 6.07 Å². The Bertz CT molecular complexity index is 1150. The van der Waals surface area contributed by atoms with Gasteiger partial charge in [-0.2, -0.15) is 0 Å². The molecule has 4 heterocycles. The molecule has 3 aromatic rings. The van der Waals surface area contributed by atoms with E-state index < -0.39 is 0 Å². The number of carbonyl (C=O) groups is 2. The van der Waals surface area contributed by atoms with Crippen LogP contribution in [-0.4, -0.2) is 59.0 Å². The molecule has 3 aromatic heterocycles. The van der Waals surface area contributed by atoms with E-state index in [1.54, 1.807) is 25.6 Å². The molecular formula is C27H32N4O4. The van der Waals surface area contributed by atoms with E-state index >= 15 is 0 Å². The van der Waals surface area contributed by atoms with Crippen LogP contribution in [0.1, 0.15) is 49.3 Å². The summed E-state index contributed by atoms with van der Waals surface area (Å²) in [6.45, 7) is 1.47. The number of amides is 1. The van der Waals surface area contributed by atoms with Crippen molar-refractivity contribution in [2.24, 2.45) is 5.92 Å². The Balaban J connectivity index is 1.28. The smallest absolute Gasteiger partial charge is 0.306 e. The predicted molar refractivity (Wildman–Crippen MR) is 132 cm³/mol. The Labute approximate surface area is 205 Å². The second kappa shape index (κ2) is 11.7. The van der Waals surface area contributed by atoms with Gasteiger partial charge in [0.1, 0.15) is 0 Å². The fraction of sp³-hybridized carbons (Fsp3) is 0.444. The van der Waals surface area contributed by atoms with Gasteiger partial charge in [0.05, 0.1) is 20.6 Å². The number of pyridine rings is 3. The average Bonchev–Trinajstić information content (AvgIpc) is 3.25. The molecule has 0 saturated carbocycles. The first-order valence-corrected chi connectivity index (χ1v) is 12.1. The zero-order valence-corrected chi connectivity index (χ0v) is 20.4. The number of rotatable bonds is 11. The van der Waals surface area contributed by atoms with Gasteiger partial charge in [-0.25, -0.2) is 15.0 Å². The molecule has 4 rings (SSSR count). The van der Waals surface area contributed by atoms with Crippen LogP contribution in [0.25, 0.3) is 11.0 Å². The molecule has 184 valence electrons. The first-order valence-electron chi connectivity index (χ1n) is 12.1. The van der Waals surface area contributed by atoms with E-state index in [-0.39, 0.29) is 30.1 Å². The van der Waals surface area contributed by atoms with Crippen LogP contribution in [0.4, 0.5) is 0 Å². The van der Waals surface area contributed by atoms with Crippen molar-refractivity contribution in [2.75, 3.05) is 27.3 Å². The zero-order chi connectivity index (χ0) is 24.6. The number of hydrogen-bond acceptors (Lipinski definition) is 7. The molecule has 0 bridgehead atoms. The van der Waals surface area contributed by atoms with E-state index in [0.717, 1.165) is 60.9 Å². The van der Waals surface area contributed by atoms with E-state index in [4.69, 9.17) is 9.47 Å². The topological polar surface area (TPSA) is 94.5 Å². The van der Waals surface area contributed by atoms with Crippen molar-refractivity contribution in [3.8, 4) is 5.88 Å². The number of nitrogens with zero attached hydrogens (tertiary/aromatic N) is 4. The van der Waals surface area contributed by atoms with Crippen LogP contribution in [0, 0.1) is 5.92 Å². The Kier molecular flexibility index (Phi) is 8.23. The van der Waals surface area contributed by atoms with Crippen LogP contribution in [0.3, 0.4) is 0 Å². The molecule has 2 atom stereocenters. The molecular weight excluding hydrogens is 444 g/mol. The highest BCUT2D eigenvalue weighted by Crippen LogP contribution is 2.28. The van der Waals surface area contributed by atoms with Gasteiger partial charge in [0.2, 0.25) is 11.8 Å². The fourth-order valence-electron chi connectivity index (χ4n) is 4.70. The summed E-state index contributed by atoms with van der Waals surface area (Å²) >= 11 is 0. The Morgan fingerprint density at radius 1 is 1.17 bits per heavy atom. The number of aryl methyl sites for hydroxylation is 1. The number of methoxy groups -OCH3 is 2. The second-order valence-corrected chi connectivity index (χ2v) is 8.96. The lowest BCUT2D eigenvalue weighted by Gasteiger charge is -2.20. The molecule has 0 aliphatic carbocycles. The lowest BCUT2D eigenvalue weighted by atomic mass is 9.92. The number of fused-ring (bicyclic) bond motifs is 1. The lowest BCUT2D eigenvalue weighted by molar-refractivity contribution is -0.141. The number of ether oxygens (including phenoxy) is 2. The lowest BCUT2D eigenvalue weighted by Crippen LogP contribution is -2.29. The SMILES string of the molecule is COC(=O)CC(CCCN1CC[C@@H](CCc2ccc3cccnc3n2)C1=O)c1ccc(OC)nc1. The maximum atomic E-state index is 13.0. The highest BCUT2D eigenvalue weighted by molar-refractivity contribution is 5.81. The molecule has 0 N–H and O–H groups in total. The molecule has 1 aliphatic heterocycles. The van der Waals surface area contributed by atoms with Crippen LogP contribution in [-0.2, 0) is 20.7 Å². The van der Waals surface area contributed by atoms with Crippen LogP contribution < -0.4 is 4.74 Å². The molecule has 1 saturated heterocycles. The van der Waals surface area contributed by atoms with Crippen molar-refractivity contribution in [1.29, 1.82) is 0 Å². The third-order valence-electron chi connectivity index (χ3n) is 6.74. The Morgan fingerprint density at radius 3 is 2.83 bits per heavy atom. The highest BCUT2D eigenvalue weighted by atomic mass is 16.5. The number of esters is 1. The zero-order valence-electron chi connectivity index (χ0n) is 20.4. The summed E-state index contributed by atoms with van der Waals surface area (Å²) in [5, 5.41) is 1.02. The third kappa shape index (κ3) is 6.32. The molecule has 1 amide bonds. The molecule has 1 unspecified atom stereocenters. The van der Waals surface area contributed by atoms with Crippen LogP contribution >= 0.6 is 0 Å². The van der Waals surface area contributed by atoms with Crippen LogP contribution in [0.2, 0.25) is 0 Å². The molecule has 0 spiro atoms. The van der Waals surface area contributed by atoms with Gasteiger partial charge in [-0.3, -0.25) is 9.59 Å². The van der Waals surface area contributed by atoms with Gasteiger partial charge in [0.15, 0.2) is 5.65 Å². The number of aromatic nitrogens is 3. The summed E-state index contributed by atoms with van der Waals surface area (Å²) < 4.78 is 10.0. The first kappa shape index (κ1) is 24.6. The largest absolute Gasteiger partial charge is 0.481 e. The van der Waals surface area contributed by atoms with Gasteiger partial charge >= 0.3 is 5.97 Å². The van der Waals surface area contributed by atoms with Crippen molar-refractivity contribution in [3.05, 3.63) is 60.0 Å². The molecule has 0 aromatic carbocycles. The normalized spacial score (nSPS) is 16.5. The van der Waals surface area contributed by atoms with Gasteiger partial charge in [-0.15, -0.1) is 0 Å². The fourth-order valence-corrected chi connectivity index (χ4v) is 4.70. The van der Waals surface area contributed by atoms with Gasteiger partial charge < -0.3 is 14.4 Å². The van der Waals surface area contributed by atoms with Crippen molar-refractivity contribution < 1.29 is 19.1 Å². The Hall–Kier alpha value is -3.55. The third-order valence-corrected chi connectivity index (χ3v) is 6.74. The summed E-state index contributed by atoms with van der Waals surface area (Å²) in [6.07, 6.45) is 7.80. The minimum absolute atomic E-state index is 0.0121. The maximum absolute atomic E-state index is 13.0. The van der Waals surface area contributed by atoms with E-state index in [0.29, 0.717) is 12.4 Å². The van der Waals surface area contributed by atoms with Gasteiger partial charge in [0, 0.05) is 48.5 Å². The van der Waals surface area contributed by atoms with Crippen molar-refractivity contribution in [3.63, 3.8) is 0 Å². The van der Waals surface area contributed by atoms with Crippen LogP contribution in [0.5, 0.6) is 5.88 Å². The van der Waals surface area contributed by atoms with Gasteiger partial charge in [-0.05, 0) is 67.9 Å². The minimum atomic E-state index is -0.249. The van der Waals surface area contributed by atoms with Crippen molar-refractivity contribution in [2.45, 2.75) is 44.4 Å². The molecule has 35 heavy (non-hydrogen) atoms. The maximum Gasteiger partial charge on any atom is 0.306 e. The quantitative estimate of drug-likeness (QED) is 0.387. The average molecular weight is 477 g/mol. The monoisotopic (exact) mass is 476 g/mol. The van der Waals surface area contributed by atoms with Crippen molar-refractivity contribution >= 4 is 22.9 Å². The number of hydrogen-bond donors (Lipinski definition) is 0. The highest BCUT2D eigenvalue weighted by Gasteiger charge is 2.31. The summed E-state index contributed by atoms with van der Waals surface area (Å²) in [6, 6.07) is 11.7. The van der Waals surface area contributed by atoms with E-state index in [1.165, 1.54) is 7.11 Å². The van der Waals surface area contributed by atoms with Crippen LogP contribution in [0.15, 0.2) is 48.8 Å². The summed E-state index contributed by atoms with van der Waals surface area (Å²) in [7, 11) is 2.97. The minimum Gasteiger partial charge on any atom is -0.481 e. The molecule has 8 nitrogen and oxygen atoms in total. The predicted octanol–water partition coefficient (Wildman–Crippen LogP) is 3.94. The van der Waals surface area contributed by atoms with E-state index in [2.05, 4.69) is 15.0 Å². The number of likely N-dealkylation sites (tertiary alicyclic amines) is 1. The van der Waals surface area contributed by atoms with E-state index in [1.807, 2.05) is 35.2 Å². The summed E-state index contributed by atoms with van der Waals surface area (Å²) in [4.78, 5) is 40.1. The van der Waals surface area contributed by atoms with E-state index in [9.17, 15) is 9.59 Å². The summed E-state index contributed by atoms with van der Waals surface area (Å²) in [5.41, 5.74) is 2.69. The summed E-state index contributed by atoms with van der Waals surface area (Å²) in [5.74, 6) is 0.532. The Morgan fingerprint density at radius 2 is 2.06 bits per heavy atom. The van der Waals surface area contributed by atoms with Crippen molar-refractivity contribution in [1.82, 2.24) is 19.9 Å². The number of carbonyl (C=O) groups excluding carboxylic acids is 2. The molecule has 1 fully saturated rings. The first-order chi connectivity index (χ1) is 17.1. The standard InChI is InChI=1S/C27H32N4O4/c1-34-24-12-9-22(18-29-24)21(17-25(32)35-2)6-4-15-31-16-13-20(27(31)33)8-11-23-10-7-19-5-3-14-28-26(19)30-23/h3,5,7,9-10,12,14,18,20-21H,4,6,8,11,13,15-17H2,1-2H3/t20-,21?/m1/s1. The second-order valence-electron chi connectivity index (χ2n) is 8.96.